The van der Waals surface area contributed by atoms with Crippen LogP contribution in [0.2, 0.25) is 0 Å². The monoisotopic (exact) mass is 345 g/mol. The number of hydrogen-bond donors (Lipinski definition) is 2. The number of ether oxygens (including phenoxy) is 3. The molecule has 0 radical (unpaired) electrons. The van der Waals surface area contributed by atoms with Gasteiger partial charge in [-0.25, -0.2) is 0 Å². The van der Waals surface area contributed by atoms with E-state index in [1.165, 1.54) is 0 Å². The zero-order chi connectivity index (χ0) is 18.0. The van der Waals surface area contributed by atoms with Crippen molar-refractivity contribution in [3.63, 3.8) is 0 Å². The second-order valence-corrected chi connectivity index (χ2v) is 7.02. The molecule has 2 aromatic rings. The molecule has 1 aliphatic rings. The van der Waals surface area contributed by atoms with Gasteiger partial charge < -0.3 is 19.5 Å². The van der Waals surface area contributed by atoms with Crippen molar-refractivity contribution < 1.29 is 19.0 Å². The van der Waals surface area contributed by atoms with Gasteiger partial charge in [0, 0.05) is 11.5 Å². The number of nitrogens with zero attached hydrogens (tertiary/aromatic N) is 1. The number of aromatic nitrogens is 2. The van der Waals surface area contributed by atoms with Crippen molar-refractivity contribution in [2.75, 3.05) is 6.79 Å². The molecule has 0 unspecified atom stereocenters. The van der Waals surface area contributed by atoms with Gasteiger partial charge in [0.15, 0.2) is 17.6 Å². The third-order valence-electron chi connectivity index (χ3n) is 3.88. The van der Waals surface area contributed by atoms with Crippen molar-refractivity contribution in [3.8, 4) is 17.2 Å². The van der Waals surface area contributed by atoms with Crippen LogP contribution in [-0.4, -0.2) is 29.0 Å². The van der Waals surface area contributed by atoms with Crippen LogP contribution < -0.4 is 19.5 Å². The summed E-state index contributed by atoms with van der Waals surface area (Å²) < 4.78 is 16.2. The first-order valence-electron chi connectivity index (χ1n) is 8.22. The first kappa shape index (κ1) is 17.1. The van der Waals surface area contributed by atoms with Crippen LogP contribution in [0.1, 0.15) is 39.1 Å². The van der Waals surface area contributed by atoms with Gasteiger partial charge in [0.25, 0.3) is 5.91 Å². The molecule has 134 valence electrons. The lowest BCUT2D eigenvalue weighted by atomic mass is 9.92. The normalized spacial score (nSPS) is 14.2. The summed E-state index contributed by atoms with van der Waals surface area (Å²) in [5.74, 6) is 1.66. The third kappa shape index (κ3) is 4.04. The van der Waals surface area contributed by atoms with E-state index in [9.17, 15) is 4.79 Å². The summed E-state index contributed by atoms with van der Waals surface area (Å²) in [4.78, 5) is 12.2. The maximum atomic E-state index is 12.2. The minimum atomic E-state index is -0.634. The topological polar surface area (TPSA) is 85.5 Å². The van der Waals surface area contributed by atoms with Crippen LogP contribution in [0.25, 0.3) is 0 Å². The van der Waals surface area contributed by atoms with Crippen LogP contribution in [0.4, 0.5) is 0 Å². The van der Waals surface area contributed by atoms with E-state index >= 15 is 0 Å². The van der Waals surface area contributed by atoms with Gasteiger partial charge in [0.1, 0.15) is 5.75 Å². The number of rotatable bonds is 5. The molecule has 0 aliphatic carbocycles. The Balaban J connectivity index is 1.53. The SMILES string of the molecule is C[C@@H](Oc1ccc2c(c1)OCO2)C(=O)NCc1cc(C(C)(C)C)n[nH]1. The van der Waals surface area contributed by atoms with Crippen LogP contribution in [0.5, 0.6) is 17.2 Å². The maximum absolute atomic E-state index is 12.2. The largest absolute Gasteiger partial charge is 0.481 e. The van der Waals surface area contributed by atoms with Crippen molar-refractivity contribution in [3.05, 3.63) is 35.7 Å². The van der Waals surface area contributed by atoms with Crippen molar-refractivity contribution in [1.29, 1.82) is 0 Å². The predicted molar refractivity (Wildman–Crippen MR) is 91.8 cm³/mol. The summed E-state index contributed by atoms with van der Waals surface area (Å²) in [6.07, 6.45) is -0.634. The molecular formula is C18H23N3O4. The van der Waals surface area contributed by atoms with Gasteiger partial charge in [-0.3, -0.25) is 9.89 Å². The fourth-order valence-electron chi connectivity index (χ4n) is 2.37. The zero-order valence-electron chi connectivity index (χ0n) is 14.9. The van der Waals surface area contributed by atoms with Gasteiger partial charge in [-0.1, -0.05) is 20.8 Å². The first-order valence-corrected chi connectivity index (χ1v) is 8.22. The number of H-pyrrole nitrogens is 1. The summed E-state index contributed by atoms with van der Waals surface area (Å²) in [5, 5.41) is 10.1. The summed E-state index contributed by atoms with van der Waals surface area (Å²) in [5.41, 5.74) is 1.78. The smallest absolute Gasteiger partial charge is 0.261 e. The highest BCUT2D eigenvalue weighted by atomic mass is 16.7. The summed E-state index contributed by atoms with van der Waals surface area (Å²) in [6, 6.07) is 7.20. The molecule has 0 saturated heterocycles. The van der Waals surface area contributed by atoms with E-state index in [2.05, 4.69) is 36.3 Å². The molecule has 7 heteroatoms. The average Bonchev–Trinajstić information content (AvgIpc) is 3.20. The summed E-state index contributed by atoms with van der Waals surface area (Å²) in [7, 11) is 0. The number of fused-ring (bicyclic) bond motifs is 1. The van der Waals surface area contributed by atoms with Gasteiger partial charge in [-0.15, -0.1) is 0 Å². The molecule has 0 spiro atoms. The lowest BCUT2D eigenvalue weighted by molar-refractivity contribution is -0.127. The van der Waals surface area contributed by atoms with Crippen LogP contribution >= 0.6 is 0 Å². The number of aromatic amines is 1. The van der Waals surface area contributed by atoms with Crippen molar-refractivity contribution >= 4 is 5.91 Å². The number of carbonyl (C=O) groups excluding carboxylic acids is 1. The molecule has 3 rings (SSSR count). The molecule has 1 aromatic carbocycles. The Hall–Kier alpha value is -2.70. The molecule has 7 nitrogen and oxygen atoms in total. The Bertz CT molecular complexity index is 764. The molecule has 1 aliphatic heterocycles. The Kier molecular flexibility index (Phi) is 4.57. The maximum Gasteiger partial charge on any atom is 0.261 e. The van der Waals surface area contributed by atoms with Crippen molar-refractivity contribution in [2.24, 2.45) is 0 Å². The average molecular weight is 345 g/mol. The van der Waals surface area contributed by atoms with Crippen LogP contribution in [0.15, 0.2) is 24.3 Å². The molecule has 25 heavy (non-hydrogen) atoms. The molecule has 0 saturated carbocycles. The van der Waals surface area contributed by atoms with Crippen LogP contribution in [-0.2, 0) is 16.8 Å². The number of hydrogen-bond acceptors (Lipinski definition) is 5. The third-order valence-corrected chi connectivity index (χ3v) is 3.88. The number of nitrogens with one attached hydrogen (secondary N) is 2. The van der Waals surface area contributed by atoms with Gasteiger partial charge in [-0.2, -0.15) is 5.10 Å². The minimum Gasteiger partial charge on any atom is -0.481 e. The minimum absolute atomic E-state index is 0.0332. The molecule has 1 aromatic heterocycles. The number of benzene rings is 1. The van der Waals surface area contributed by atoms with Gasteiger partial charge in [0.05, 0.1) is 17.9 Å². The van der Waals surface area contributed by atoms with Crippen molar-refractivity contribution in [1.82, 2.24) is 15.5 Å². The van der Waals surface area contributed by atoms with E-state index in [-0.39, 0.29) is 18.1 Å². The van der Waals surface area contributed by atoms with E-state index in [4.69, 9.17) is 14.2 Å². The number of amides is 1. The Labute approximate surface area is 146 Å². The van der Waals surface area contributed by atoms with E-state index in [0.717, 1.165) is 11.4 Å². The molecular weight excluding hydrogens is 322 g/mol. The van der Waals surface area contributed by atoms with Gasteiger partial charge in [0.2, 0.25) is 6.79 Å². The highest BCUT2D eigenvalue weighted by Gasteiger charge is 2.20. The van der Waals surface area contributed by atoms with Gasteiger partial charge >= 0.3 is 0 Å². The Morgan fingerprint density at radius 2 is 2.08 bits per heavy atom. The Morgan fingerprint density at radius 3 is 2.80 bits per heavy atom. The molecule has 0 fully saturated rings. The van der Waals surface area contributed by atoms with Crippen LogP contribution in [0.3, 0.4) is 0 Å². The highest BCUT2D eigenvalue weighted by molar-refractivity contribution is 5.80. The number of carbonyl (C=O) groups is 1. The second-order valence-electron chi connectivity index (χ2n) is 7.02. The lowest BCUT2D eigenvalue weighted by Crippen LogP contribution is -2.36. The van der Waals surface area contributed by atoms with Crippen LogP contribution in [0, 0.1) is 0 Å². The first-order chi connectivity index (χ1) is 11.8. The van der Waals surface area contributed by atoms with E-state index in [0.29, 0.717) is 23.8 Å². The molecule has 1 amide bonds. The molecule has 1 atom stereocenters. The van der Waals surface area contributed by atoms with E-state index in [1.54, 1.807) is 25.1 Å². The Morgan fingerprint density at radius 1 is 1.32 bits per heavy atom. The fraction of sp³-hybridized carbons (Fsp3) is 0.444. The molecule has 2 N–H and O–H groups in total. The van der Waals surface area contributed by atoms with E-state index < -0.39 is 6.10 Å². The lowest BCUT2D eigenvalue weighted by Gasteiger charge is -2.15. The van der Waals surface area contributed by atoms with Gasteiger partial charge in [-0.05, 0) is 25.1 Å². The summed E-state index contributed by atoms with van der Waals surface area (Å²) in [6.45, 7) is 8.55. The fourth-order valence-corrected chi connectivity index (χ4v) is 2.37. The quantitative estimate of drug-likeness (QED) is 0.870. The highest BCUT2D eigenvalue weighted by Crippen LogP contribution is 2.35. The van der Waals surface area contributed by atoms with Crippen molar-refractivity contribution in [2.45, 2.75) is 45.8 Å². The predicted octanol–water partition coefficient (Wildman–Crippen LogP) is 2.52. The molecule has 0 bridgehead atoms. The second kappa shape index (κ2) is 6.66. The summed E-state index contributed by atoms with van der Waals surface area (Å²) >= 11 is 0. The van der Waals surface area contributed by atoms with E-state index in [1.807, 2.05) is 6.07 Å². The standard InChI is InChI=1S/C18H23N3O4/c1-11(25-13-5-6-14-15(8-13)24-10-23-14)17(22)19-9-12-7-16(21-20-12)18(2,3)4/h5-8,11H,9-10H2,1-4H3,(H,19,22)(H,20,21)/t11-/m1/s1. The molecule has 2 heterocycles. The zero-order valence-corrected chi connectivity index (χ0v) is 14.9.